The van der Waals surface area contributed by atoms with Gasteiger partial charge in [0.05, 0.1) is 16.9 Å². The van der Waals surface area contributed by atoms with E-state index < -0.39 is 11.9 Å². The highest BCUT2D eigenvalue weighted by Crippen LogP contribution is 2.43. The lowest BCUT2D eigenvalue weighted by molar-refractivity contribution is -0.137. The van der Waals surface area contributed by atoms with Crippen molar-refractivity contribution in [3.63, 3.8) is 0 Å². The minimum atomic E-state index is -0.810. The number of unbranched alkanes of at least 4 members (excludes halogenated alkanes) is 3. The summed E-state index contributed by atoms with van der Waals surface area (Å²) >= 11 is 0. The molecule has 4 N–H and O–H groups in total. The summed E-state index contributed by atoms with van der Waals surface area (Å²) in [5.41, 5.74) is 4.30. The van der Waals surface area contributed by atoms with Crippen molar-refractivity contribution in [2.45, 2.75) is 58.4 Å². The number of carbonyl (C=O) groups excluding carboxylic acids is 1. The van der Waals surface area contributed by atoms with E-state index in [2.05, 4.69) is 9.88 Å². The third-order valence-corrected chi connectivity index (χ3v) is 7.03. The van der Waals surface area contributed by atoms with Gasteiger partial charge in [-0.15, -0.1) is 0 Å². The van der Waals surface area contributed by atoms with Crippen molar-refractivity contribution in [1.29, 1.82) is 0 Å². The van der Waals surface area contributed by atoms with Gasteiger partial charge in [-0.2, -0.15) is 0 Å². The van der Waals surface area contributed by atoms with E-state index in [1.165, 1.54) is 18.2 Å². The zero-order valence-corrected chi connectivity index (χ0v) is 23.2. The van der Waals surface area contributed by atoms with Gasteiger partial charge in [-0.3, -0.25) is 9.59 Å². The van der Waals surface area contributed by atoms with E-state index in [9.17, 15) is 24.2 Å². The van der Waals surface area contributed by atoms with Crippen molar-refractivity contribution < 1.29 is 29.3 Å². The molecule has 0 aliphatic carbocycles. The number of amides is 1. The number of aromatic nitrogens is 1. The van der Waals surface area contributed by atoms with Gasteiger partial charge < -0.3 is 25.2 Å². The number of carboxylic acid groups (broad SMARTS) is 1. The molecule has 0 atom stereocenters. The SMILES string of the molecule is CC(C)c1c(C(=O)Nc2ccccc2O)c(-c2ccc(O)cc2)c(-c2ccc(F)cc2)n1CCCCCCC(=O)O. The maximum Gasteiger partial charge on any atom is 0.303 e. The molecular weight excluding hydrogens is 523 g/mol. The Morgan fingerprint density at radius 1 is 0.854 bits per heavy atom. The molecule has 0 saturated heterocycles. The van der Waals surface area contributed by atoms with E-state index in [0.717, 1.165) is 36.2 Å². The monoisotopic (exact) mass is 558 g/mol. The van der Waals surface area contributed by atoms with Crippen LogP contribution in [-0.2, 0) is 11.3 Å². The number of nitrogens with zero attached hydrogens (tertiary/aromatic N) is 1. The first-order valence-electron chi connectivity index (χ1n) is 13.8. The molecule has 41 heavy (non-hydrogen) atoms. The molecule has 4 rings (SSSR count). The second kappa shape index (κ2) is 13.2. The van der Waals surface area contributed by atoms with Crippen molar-refractivity contribution in [2.75, 3.05) is 5.32 Å². The molecule has 214 valence electrons. The Morgan fingerprint density at radius 2 is 1.49 bits per heavy atom. The molecule has 8 heteroatoms. The molecule has 4 aromatic rings. The van der Waals surface area contributed by atoms with Crippen LogP contribution in [0.5, 0.6) is 11.5 Å². The van der Waals surface area contributed by atoms with E-state index in [1.807, 2.05) is 13.8 Å². The van der Waals surface area contributed by atoms with E-state index in [0.29, 0.717) is 29.7 Å². The summed E-state index contributed by atoms with van der Waals surface area (Å²) in [7, 11) is 0. The van der Waals surface area contributed by atoms with Crippen LogP contribution < -0.4 is 5.32 Å². The summed E-state index contributed by atoms with van der Waals surface area (Å²) in [6, 6.07) is 19.3. The Bertz CT molecular complexity index is 1510. The van der Waals surface area contributed by atoms with Crippen molar-refractivity contribution in [1.82, 2.24) is 4.57 Å². The summed E-state index contributed by atoms with van der Waals surface area (Å²) in [4.78, 5) is 25.0. The summed E-state index contributed by atoms with van der Waals surface area (Å²) in [6.45, 7) is 4.57. The summed E-state index contributed by atoms with van der Waals surface area (Å²) in [6.07, 6.45) is 3.04. The number of aromatic hydroxyl groups is 2. The molecule has 1 amide bonds. The average molecular weight is 559 g/mol. The van der Waals surface area contributed by atoms with E-state index in [1.54, 1.807) is 54.6 Å². The molecule has 0 aliphatic heterocycles. The molecule has 0 fully saturated rings. The van der Waals surface area contributed by atoms with E-state index in [-0.39, 0.29) is 35.3 Å². The lowest BCUT2D eigenvalue weighted by Gasteiger charge is -2.17. The highest BCUT2D eigenvalue weighted by Gasteiger charge is 2.30. The summed E-state index contributed by atoms with van der Waals surface area (Å²) in [5, 5.41) is 32.2. The number of hydrogen-bond acceptors (Lipinski definition) is 4. The lowest BCUT2D eigenvalue weighted by Crippen LogP contribution is -2.16. The number of phenolic OH excluding ortho intramolecular Hbond substituents is 2. The van der Waals surface area contributed by atoms with Gasteiger partial charge >= 0.3 is 5.97 Å². The Hall–Kier alpha value is -4.59. The van der Waals surface area contributed by atoms with Crippen LogP contribution in [0.4, 0.5) is 10.1 Å². The largest absolute Gasteiger partial charge is 0.508 e. The van der Waals surface area contributed by atoms with Gasteiger partial charge in [0.1, 0.15) is 17.3 Å². The molecule has 0 radical (unpaired) electrons. The van der Waals surface area contributed by atoms with Gasteiger partial charge in [0.15, 0.2) is 0 Å². The molecule has 3 aromatic carbocycles. The zero-order chi connectivity index (χ0) is 29.5. The fourth-order valence-corrected chi connectivity index (χ4v) is 5.18. The normalized spacial score (nSPS) is 11.1. The zero-order valence-electron chi connectivity index (χ0n) is 23.2. The lowest BCUT2D eigenvalue weighted by atomic mass is 9.94. The molecule has 0 unspecified atom stereocenters. The minimum absolute atomic E-state index is 0.0577. The first kappa shape index (κ1) is 29.4. The number of hydrogen-bond donors (Lipinski definition) is 4. The third kappa shape index (κ3) is 6.95. The predicted octanol–water partition coefficient (Wildman–Crippen LogP) is 7.78. The van der Waals surface area contributed by atoms with Gasteiger partial charge in [0.25, 0.3) is 5.91 Å². The van der Waals surface area contributed by atoms with Crippen LogP contribution in [-0.4, -0.2) is 31.8 Å². The number of phenols is 2. The molecule has 0 saturated carbocycles. The Kier molecular flexibility index (Phi) is 9.45. The van der Waals surface area contributed by atoms with Crippen molar-refractivity contribution in [3.8, 4) is 33.9 Å². The first-order valence-corrected chi connectivity index (χ1v) is 13.8. The van der Waals surface area contributed by atoms with Crippen LogP contribution in [0, 0.1) is 5.82 Å². The van der Waals surface area contributed by atoms with Gasteiger partial charge in [-0.25, -0.2) is 4.39 Å². The fraction of sp³-hybridized carbons (Fsp3) is 0.273. The number of para-hydroxylation sites is 2. The molecule has 0 spiro atoms. The van der Waals surface area contributed by atoms with Crippen molar-refractivity contribution in [3.05, 3.63) is 89.9 Å². The quantitative estimate of drug-likeness (QED) is 0.105. The smallest absolute Gasteiger partial charge is 0.303 e. The number of benzene rings is 3. The molecular formula is C33H35FN2O5. The number of carboxylic acids is 1. The molecule has 0 aliphatic rings. The number of nitrogens with one attached hydrogen (secondary N) is 1. The number of halogens is 1. The van der Waals surface area contributed by atoms with Crippen LogP contribution >= 0.6 is 0 Å². The second-order valence-corrected chi connectivity index (χ2v) is 10.4. The highest BCUT2D eigenvalue weighted by molar-refractivity contribution is 6.13. The number of anilines is 1. The van der Waals surface area contributed by atoms with Gasteiger partial charge in [0.2, 0.25) is 0 Å². The maximum atomic E-state index is 14.1. The number of carbonyl (C=O) groups is 2. The maximum absolute atomic E-state index is 14.1. The van der Waals surface area contributed by atoms with Crippen LogP contribution in [0.3, 0.4) is 0 Å². The molecule has 7 nitrogen and oxygen atoms in total. The number of aliphatic carboxylic acids is 1. The Balaban J connectivity index is 1.90. The average Bonchev–Trinajstić information content (AvgIpc) is 3.28. The van der Waals surface area contributed by atoms with E-state index in [4.69, 9.17) is 5.11 Å². The van der Waals surface area contributed by atoms with Gasteiger partial charge in [-0.05, 0) is 78.4 Å². The highest BCUT2D eigenvalue weighted by atomic mass is 19.1. The van der Waals surface area contributed by atoms with Gasteiger partial charge in [0, 0.05) is 24.2 Å². The Morgan fingerprint density at radius 3 is 2.12 bits per heavy atom. The van der Waals surface area contributed by atoms with Crippen molar-refractivity contribution in [2.24, 2.45) is 0 Å². The molecule has 1 aromatic heterocycles. The fourth-order valence-electron chi connectivity index (χ4n) is 5.18. The molecule has 0 bridgehead atoms. The number of rotatable bonds is 12. The Labute approximate surface area is 238 Å². The topological polar surface area (TPSA) is 112 Å². The van der Waals surface area contributed by atoms with Crippen molar-refractivity contribution >= 4 is 17.6 Å². The predicted molar refractivity (Wildman–Crippen MR) is 158 cm³/mol. The van der Waals surface area contributed by atoms with Crippen LogP contribution in [0.25, 0.3) is 22.4 Å². The van der Waals surface area contributed by atoms with Gasteiger partial charge in [-0.1, -0.05) is 51.0 Å². The van der Waals surface area contributed by atoms with Crippen LogP contribution in [0.15, 0.2) is 72.8 Å². The summed E-state index contributed by atoms with van der Waals surface area (Å²) in [5.74, 6) is -1.65. The standard InChI is InChI=1S/C33H35FN2O5/c1-21(2)31-30(33(41)35-26-9-6-7-10-27(26)38)29(22-14-18-25(37)19-15-22)32(23-12-16-24(34)17-13-23)36(31)20-8-4-3-5-11-28(39)40/h6-7,9-10,12-19,21,37-38H,3-5,8,11,20H2,1-2H3,(H,35,41)(H,39,40). The summed E-state index contributed by atoms with van der Waals surface area (Å²) < 4.78 is 16.1. The third-order valence-electron chi connectivity index (χ3n) is 7.03. The second-order valence-electron chi connectivity index (χ2n) is 10.4. The van der Waals surface area contributed by atoms with Crippen LogP contribution in [0.1, 0.15) is 67.9 Å². The van der Waals surface area contributed by atoms with E-state index >= 15 is 0 Å². The minimum Gasteiger partial charge on any atom is -0.508 e. The first-order chi connectivity index (χ1) is 19.7. The van der Waals surface area contributed by atoms with Crippen LogP contribution in [0.2, 0.25) is 0 Å². The molecule has 1 heterocycles.